The van der Waals surface area contributed by atoms with E-state index in [1.165, 1.54) is 11.1 Å². The van der Waals surface area contributed by atoms with Gasteiger partial charge in [-0.2, -0.15) is 15.1 Å². The highest BCUT2D eigenvalue weighted by atomic mass is 32.2. The van der Waals surface area contributed by atoms with Crippen LogP contribution in [0.1, 0.15) is 36.2 Å². The van der Waals surface area contributed by atoms with E-state index >= 15 is 0 Å². The van der Waals surface area contributed by atoms with Gasteiger partial charge in [0.15, 0.2) is 5.84 Å². The summed E-state index contributed by atoms with van der Waals surface area (Å²) in [6.45, 7) is 5.21. The Morgan fingerprint density at radius 2 is 1.97 bits per heavy atom. The second-order valence-corrected chi connectivity index (χ2v) is 9.43. The van der Waals surface area contributed by atoms with Crippen molar-refractivity contribution >= 4 is 45.7 Å². The van der Waals surface area contributed by atoms with Crippen LogP contribution < -0.4 is 0 Å². The number of thioether (sulfide) groups is 1. The number of nitrogens with zero attached hydrogens (tertiary/aromatic N) is 5. The third-order valence-corrected chi connectivity index (χ3v) is 7.03. The van der Waals surface area contributed by atoms with Crippen LogP contribution in [-0.4, -0.2) is 55.4 Å². The molecule has 0 aliphatic carbocycles. The van der Waals surface area contributed by atoms with Gasteiger partial charge in [0.25, 0.3) is 5.91 Å². The van der Waals surface area contributed by atoms with Gasteiger partial charge in [0.1, 0.15) is 10.9 Å². The lowest BCUT2D eigenvalue weighted by Crippen LogP contribution is -2.35. The van der Waals surface area contributed by atoms with Gasteiger partial charge in [0.2, 0.25) is 11.1 Å². The van der Waals surface area contributed by atoms with Gasteiger partial charge in [-0.15, -0.1) is 0 Å². The van der Waals surface area contributed by atoms with Crippen molar-refractivity contribution in [1.82, 2.24) is 14.5 Å². The zero-order valence-electron chi connectivity index (χ0n) is 18.8. The Hall–Kier alpha value is -3.53. The fraction of sp³-hybridized carbons (Fsp3) is 0.292. The number of hydrogen-bond donors (Lipinski definition) is 1. The maximum atomic E-state index is 14.4. The summed E-state index contributed by atoms with van der Waals surface area (Å²) >= 11 is 1.15. The molecule has 1 N–H and O–H groups in total. The number of para-hydroxylation sites is 1. The van der Waals surface area contributed by atoms with Crippen molar-refractivity contribution in [3.63, 3.8) is 0 Å². The quantitative estimate of drug-likeness (QED) is 0.675. The Bertz CT molecular complexity index is 1320. The van der Waals surface area contributed by atoms with E-state index in [1.807, 2.05) is 24.8 Å². The number of fused-ring (bicyclic) bond motifs is 1. The van der Waals surface area contributed by atoms with E-state index in [-0.39, 0.29) is 34.7 Å². The van der Waals surface area contributed by atoms with E-state index in [9.17, 15) is 14.0 Å². The number of amidine groups is 2. The van der Waals surface area contributed by atoms with Crippen LogP contribution in [0.15, 0.2) is 46.0 Å². The van der Waals surface area contributed by atoms with Crippen molar-refractivity contribution < 1.29 is 14.0 Å². The predicted octanol–water partition coefficient (Wildman–Crippen LogP) is 3.86. The maximum Gasteiger partial charge on any atom is 0.283 e. The number of nitrogens with one attached hydrogen (secondary N) is 1. The normalized spacial score (nSPS) is 19.1. The van der Waals surface area contributed by atoms with Crippen LogP contribution in [0.25, 0.3) is 11.8 Å². The minimum atomic E-state index is -0.540. The van der Waals surface area contributed by atoms with Gasteiger partial charge in [-0.3, -0.25) is 15.0 Å². The first-order valence-electron chi connectivity index (χ1n) is 11.0. The molecule has 0 atom stereocenters. The summed E-state index contributed by atoms with van der Waals surface area (Å²) < 4.78 is 16.2. The number of carbonyl (C=O) groups is 2. The van der Waals surface area contributed by atoms with Gasteiger partial charge >= 0.3 is 0 Å². The van der Waals surface area contributed by atoms with Gasteiger partial charge in [-0.05, 0) is 68.3 Å². The Balaban J connectivity index is 1.43. The summed E-state index contributed by atoms with van der Waals surface area (Å²) in [5.74, 6) is -0.986. The molecule has 3 aliphatic heterocycles. The van der Waals surface area contributed by atoms with Crippen LogP contribution in [0.5, 0.6) is 0 Å². The average molecular weight is 479 g/mol. The average Bonchev–Trinajstić information content (AvgIpc) is 3.52. The fourth-order valence-corrected chi connectivity index (χ4v) is 5.28. The first-order chi connectivity index (χ1) is 16.3. The highest BCUT2D eigenvalue weighted by Crippen LogP contribution is 2.31. The highest BCUT2D eigenvalue weighted by Gasteiger charge is 2.36. The van der Waals surface area contributed by atoms with Gasteiger partial charge in [0, 0.05) is 24.5 Å². The standard InChI is InChI=1S/C24H23FN6O2S/c1-14-11-16(15(2)30(14)19-8-4-3-7-18(19)25)12-17-22(26)31-24(27-23(17)33)34-20(28-31)13-21(32)29-9-5-6-10-29/h3-4,7-8,11-12,26H,5-6,9-10,13H2,1-2H3/b17-12-,26-22?. The number of carbonyl (C=O) groups excluding carboxylic acids is 2. The molecule has 2 amide bonds. The molecule has 5 rings (SSSR count). The molecule has 174 valence electrons. The lowest BCUT2D eigenvalue weighted by molar-refractivity contribution is -0.128. The SMILES string of the molecule is Cc1cc(/C=C2/C(=N)N3N=C(CC(=O)N4CCCC4)SC3=NC2=O)c(C)n1-c1ccccc1F. The van der Waals surface area contributed by atoms with Crippen molar-refractivity contribution in [3.8, 4) is 5.69 Å². The molecular formula is C24H23FN6O2S. The van der Waals surface area contributed by atoms with E-state index in [4.69, 9.17) is 5.41 Å². The molecule has 2 aromatic rings. The monoisotopic (exact) mass is 478 g/mol. The van der Waals surface area contributed by atoms with Gasteiger partial charge in [-0.25, -0.2) is 4.39 Å². The van der Waals surface area contributed by atoms with E-state index < -0.39 is 5.91 Å². The van der Waals surface area contributed by atoms with Gasteiger partial charge < -0.3 is 9.47 Å². The molecule has 0 saturated carbocycles. The van der Waals surface area contributed by atoms with Crippen LogP contribution in [0, 0.1) is 25.1 Å². The molecule has 34 heavy (non-hydrogen) atoms. The highest BCUT2D eigenvalue weighted by molar-refractivity contribution is 8.27. The Morgan fingerprint density at radius 3 is 2.71 bits per heavy atom. The third kappa shape index (κ3) is 3.87. The second kappa shape index (κ2) is 8.68. The number of benzene rings is 1. The molecule has 0 radical (unpaired) electrons. The van der Waals surface area contributed by atoms with Gasteiger partial charge in [0.05, 0.1) is 17.7 Å². The number of aryl methyl sites for hydroxylation is 1. The topological polar surface area (TPSA) is 94.1 Å². The number of hydrazone groups is 1. The van der Waals surface area contributed by atoms with Crippen molar-refractivity contribution in [1.29, 1.82) is 5.41 Å². The molecule has 0 spiro atoms. The summed E-state index contributed by atoms with van der Waals surface area (Å²) in [7, 11) is 0. The van der Waals surface area contributed by atoms with Crippen LogP contribution >= 0.6 is 11.8 Å². The first-order valence-corrected chi connectivity index (χ1v) is 11.9. The summed E-state index contributed by atoms with van der Waals surface area (Å²) in [5.41, 5.74) is 2.73. The molecule has 0 unspecified atom stereocenters. The lowest BCUT2D eigenvalue weighted by Gasteiger charge is -2.20. The summed E-state index contributed by atoms with van der Waals surface area (Å²) in [6, 6.07) is 8.34. The molecule has 1 aromatic heterocycles. The Kier molecular flexibility index (Phi) is 5.68. The molecule has 4 heterocycles. The van der Waals surface area contributed by atoms with Crippen LogP contribution in [0.3, 0.4) is 0 Å². The van der Waals surface area contributed by atoms with Crippen LogP contribution in [0.2, 0.25) is 0 Å². The third-order valence-electron chi connectivity index (χ3n) is 6.12. The summed E-state index contributed by atoms with van der Waals surface area (Å²) in [4.78, 5) is 31.2. The van der Waals surface area contributed by atoms with E-state index in [0.29, 0.717) is 16.3 Å². The molecule has 3 aliphatic rings. The summed E-state index contributed by atoms with van der Waals surface area (Å²) in [5, 5.41) is 15.1. The maximum absolute atomic E-state index is 14.4. The molecule has 1 aromatic carbocycles. The number of hydrogen-bond acceptors (Lipinski definition) is 5. The lowest BCUT2D eigenvalue weighted by atomic mass is 10.1. The predicted molar refractivity (Wildman–Crippen MR) is 131 cm³/mol. The largest absolute Gasteiger partial charge is 0.342 e. The van der Waals surface area contributed by atoms with Crippen molar-refractivity contribution in [3.05, 3.63) is 58.7 Å². The second-order valence-electron chi connectivity index (χ2n) is 8.39. The zero-order valence-corrected chi connectivity index (χ0v) is 19.7. The number of amides is 2. The minimum absolute atomic E-state index is 0.00148. The molecule has 0 bridgehead atoms. The molecule has 10 heteroatoms. The Morgan fingerprint density at radius 1 is 1.24 bits per heavy atom. The van der Waals surface area contributed by atoms with Crippen molar-refractivity contribution in [2.45, 2.75) is 33.1 Å². The number of aromatic nitrogens is 1. The van der Waals surface area contributed by atoms with Crippen LogP contribution in [0.4, 0.5) is 4.39 Å². The molecule has 1 fully saturated rings. The van der Waals surface area contributed by atoms with E-state index in [2.05, 4.69) is 10.1 Å². The number of likely N-dealkylation sites (tertiary alicyclic amines) is 1. The van der Waals surface area contributed by atoms with Gasteiger partial charge in [-0.1, -0.05) is 12.1 Å². The molecular weight excluding hydrogens is 455 g/mol. The van der Waals surface area contributed by atoms with Crippen molar-refractivity contribution in [2.75, 3.05) is 13.1 Å². The first kappa shape index (κ1) is 22.3. The zero-order chi connectivity index (χ0) is 24.0. The van der Waals surface area contributed by atoms with E-state index in [0.717, 1.165) is 49.1 Å². The van der Waals surface area contributed by atoms with E-state index in [1.54, 1.807) is 28.8 Å². The number of rotatable bonds is 4. The summed E-state index contributed by atoms with van der Waals surface area (Å²) in [6.07, 6.45) is 3.74. The molecule has 1 saturated heterocycles. The fourth-order valence-electron chi connectivity index (χ4n) is 4.40. The smallest absolute Gasteiger partial charge is 0.283 e. The number of aliphatic imine (C=N–C) groups is 1. The van der Waals surface area contributed by atoms with Crippen LogP contribution in [-0.2, 0) is 9.59 Å². The molecule has 8 nitrogen and oxygen atoms in total. The Labute approximate surface area is 200 Å². The number of halogens is 1. The minimum Gasteiger partial charge on any atom is -0.342 e. The van der Waals surface area contributed by atoms with Crippen molar-refractivity contribution in [2.24, 2.45) is 10.1 Å².